The van der Waals surface area contributed by atoms with Crippen LogP contribution in [0, 0.1) is 4.91 Å². The summed E-state index contributed by atoms with van der Waals surface area (Å²) in [5, 5.41) is 9.51. The molecular formula is C11H18N2O4S2. The van der Waals surface area contributed by atoms with Gasteiger partial charge < -0.3 is 10.0 Å². The summed E-state index contributed by atoms with van der Waals surface area (Å²) in [6.07, 6.45) is 1.13. The van der Waals surface area contributed by atoms with Crippen molar-refractivity contribution in [3.05, 3.63) is 4.91 Å². The number of aliphatic carboxylic acids is 1. The Kier molecular flexibility index (Phi) is 6.12. The summed E-state index contributed by atoms with van der Waals surface area (Å²) >= 11 is 2.51. The van der Waals surface area contributed by atoms with Crippen molar-refractivity contribution >= 4 is 35.6 Å². The lowest BCUT2D eigenvalue weighted by molar-refractivity contribution is -0.151. The fourth-order valence-corrected chi connectivity index (χ4v) is 4.78. The first-order valence-corrected chi connectivity index (χ1v) is 8.00. The van der Waals surface area contributed by atoms with Gasteiger partial charge in [0.1, 0.15) is 6.04 Å². The van der Waals surface area contributed by atoms with E-state index in [9.17, 15) is 19.6 Å². The average Bonchev–Trinajstić information content (AvgIpc) is 2.36. The van der Waals surface area contributed by atoms with Gasteiger partial charge in [-0.25, -0.2) is 4.79 Å². The van der Waals surface area contributed by atoms with Crippen molar-refractivity contribution in [1.82, 2.24) is 4.90 Å². The van der Waals surface area contributed by atoms with Crippen molar-refractivity contribution in [3.8, 4) is 0 Å². The van der Waals surface area contributed by atoms with Gasteiger partial charge in [0.15, 0.2) is 0 Å². The fourth-order valence-electron chi connectivity index (χ4n) is 2.44. The van der Waals surface area contributed by atoms with Crippen molar-refractivity contribution in [2.24, 2.45) is 4.58 Å². The van der Waals surface area contributed by atoms with Gasteiger partial charge in [0.05, 0.1) is 4.75 Å². The Morgan fingerprint density at radius 1 is 1.47 bits per heavy atom. The standard InChI is InChI=1S/C11H18N2O4S2/c1-3-13(8(2)14)9(10(15)16)11(19-12-17)4-6-18-7-5-11/h9H,3-7H2,1-2H3,(H,15,16)/t9-/m1/s1. The number of likely N-dealkylation sites (N-methyl/N-ethyl adjacent to an activating group) is 1. The lowest BCUT2D eigenvalue weighted by Crippen LogP contribution is -2.57. The molecule has 0 bridgehead atoms. The predicted octanol–water partition coefficient (Wildman–Crippen LogP) is 1.99. The molecule has 0 saturated carbocycles. The van der Waals surface area contributed by atoms with E-state index in [1.165, 1.54) is 11.8 Å². The summed E-state index contributed by atoms with van der Waals surface area (Å²) in [6, 6.07) is -1.00. The van der Waals surface area contributed by atoms with E-state index in [1.54, 1.807) is 18.7 Å². The maximum absolute atomic E-state index is 11.6. The highest BCUT2D eigenvalue weighted by molar-refractivity contribution is 8.00. The van der Waals surface area contributed by atoms with Crippen LogP contribution in [-0.4, -0.2) is 50.7 Å². The minimum absolute atomic E-state index is 0.293. The van der Waals surface area contributed by atoms with Crippen LogP contribution in [0.1, 0.15) is 26.7 Å². The van der Waals surface area contributed by atoms with Gasteiger partial charge in [-0.2, -0.15) is 11.8 Å². The molecule has 0 spiro atoms. The largest absolute Gasteiger partial charge is 0.480 e. The molecule has 108 valence electrons. The second-order valence-electron chi connectivity index (χ2n) is 4.39. The van der Waals surface area contributed by atoms with Gasteiger partial charge >= 0.3 is 5.97 Å². The number of carboxylic acid groups (broad SMARTS) is 1. The van der Waals surface area contributed by atoms with E-state index in [1.807, 2.05) is 0 Å². The molecule has 1 aliphatic rings. The van der Waals surface area contributed by atoms with Crippen LogP contribution in [-0.2, 0) is 9.59 Å². The molecule has 8 heteroatoms. The number of hydrogen-bond acceptors (Lipinski definition) is 6. The molecule has 1 rings (SSSR count). The van der Waals surface area contributed by atoms with Crippen LogP contribution in [0.15, 0.2) is 4.58 Å². The summed E-state index contributed by atoms with van der Waals surface area (Å²) in [5.41, 5.74) is 0. The van der Waals surface area contributed by atoms with Gasteiger partial charge in [0.25, 0.3) is 0 Å². The second-order valence-corrected chi connectivity index (χ2v) is 6.76. The van der Waals surface area contributed by atoms with Gasteiger partial charge in [0.2, 0.25) is 5.91 Å². The van der Waals surface area contributed by atoms with Crippen LogP contribution >= 0.6 is 23.7 Å². The minimum atomic E-state index is -1.07. The number of carbonyl (C=O) groups excluding carboxylic acids is 1. The average molecular weight is 306 g/mol. The van der Waals surface area contributed by atoms with Crippen molar-refractivity contribution in [2.45, 2.75) is 37.5 Å². The number of carboxylic acids is 1. The van der Waals surface area contributed by atoms with Crippen LogP contribution in [0.25, 0.3) is 0 Å². The molecule has 1 aliphatic heterocycles. The predicted molar refractivity (Wildman–Crippen MR) is 77.2 cm³/mol. The minimum Gasteiger partial charge on any atom is -0.480 e. The zero-order valence-electron chi connectivity index (χ0n) is 11.0. The van der Waals surface area contributed by atoms with Gasteiger partial charge in [-0.15, -0.1) is 4.91 Å². The van der Waals surface area contributed by atoms with E-state index in [-0.39, 0.29) is 5.91 Å². The second kappa shape index (κ2) is 7.14. The molecule has 0 aromatic rings. The Morgan fingerprint density at radius 3 is 2.42 bits per heavy atom. The number of hydrogen-bond donors (Lipinski definition) is 1. The summed E-state index contributed by atoms with van der Waals surface area (Å²) in [6.45, 7) is 3.39. The molecule has 1 fully saturated rings. The van der Waals surface area contributed by atoms with Crippen LogP contribution in [0.5, 0.6) is 0 Å². The van der Waals surface area contributed by atoms with E-state index >= 15 is 0 Å². The van der Waals surface area contributed by atoms with Crippen molar-refractivity contribution < 1.29 is 14.7 Å². The lowest BCUT2D eigenvalue weighted by Gasteiger charge is -2.42. The Balaban J connectivity index is 3.14. The molecule has 1 amide bonds. The Hall–Kier alpha value is -0.760. The molecule has 1 N–H and O–H groups in total. The molecule has 1 heterocycles. The molecule has 1 saturated heterocycles. The molecule has 0 aromatic heterocycles. The van der Waals surface area contributed by atoms with Crippen molar-refractivity contribution in [2.75, 3.05) is 18.1 Å². The van der Waals surface area contributed by atoms with Crippen LogP contribution < -0.4 is 0 Å². The summed E-state index contributed by atoms with van der Waals surface area (Å²) < 4.78 is 2.06. The monoisotopic (exact) mass is 306 g/mol. The normalized spacial score (nSPS) is 19.5. The molecule has 1 atom stereocenters. The van der Waals surface area contributed by atoms with Crippen LogP contribution in [0.2, 0.25) is 0 Å². The molecule has 0 aliphatic carbocycles. The Morgan fingerprint density at radius 2 is 2.05 bits per heavy atom. The smallest absolute Gasteiger partial charge is 0.327 e. The van der Waals surface area contributed by atoms with Gasteiger partial charge in [-0.05, 0) is 31.3 Å². The van der Waals surface area contributed by atoms with Crippen molar-refractivity contribution in [1.29, 1.82) is 0 Å². The van der Waals surface area contributed by atoms with E-state index < -0.39 is 16.8 Å². The molecule has 0 unspecified atom stereocenters. The SMILES string of the molecule is CCN(C(C)=O)[C@H](C(=O)O)C1(SN=O)CCSCC1. The number of amides is 1. The first-order valence-electron chi connectivity index (χ1n) is 6.07. The van der Waals surface area contributed by atoms with Gasteiger partial charge in [-0.1, -0.05) is 0 Å². The zero-order chi connectivity index (χ0) is 14.5. The quantitative estimate of drug-likeness (QED) is 0.596. The van der Waals surface area contributed by atoms with Gasteiger partial charge in [-0.3, -0.25) is 4.79 Å². The molecule has 19 heavy (non-hydrogen) atoms. The highest BCUT2D eigenvalue weighted by Crippen LogP contribution is 2.44. The third kappa shape index (κ3) is 3.62. The lowest BCUT2D eigenvalue weighted by atomic mass is 9.90. The van der Waals surface area contributed by atoms with E-state index in [4.69, 9.17) is 0 Å². The first-order chi connectivity index (χ1) is 8.98. The van der Waals surface area contributed by atoms with Gasteiger partial charge in [0, 0.05) is 30.0 Å². The third-order valence-electron chi connectivity index (χ3n) is 3.35. The van der Waals surface area contributed by atoms with Crippen molar-refractivity contribution in [3.63, 3.8) is 0 Å². The number of rotatable bonds is 6. The van der Waals surface area contributed by atoms with Crippen LogP contribution in [0.3, 0.4) is 0 Å². The topological polar surface area (TPSA) is 87.0 Å². The summed E-state index contributed by atoms with van der Waals surface area (Å²) in [5.74, 6) is 0.197. The zero-order valence-corrected chi connectivity index (χ0v) is 12.6. The molecule has 0 aromatic carbocycles. The molecular weight excluding hydrogens is 288 g/mol. The third-order valence-corrected chi connectivity index (χ3v) is 5.40. The van der Waals surface area contributed by atoms with Crippen LogP contribution in [0.4, 0.5) is 0 Å². The maximum atomic E-state index is 11.6. The highest BCUT2D eigenvalue weighted by Gasteiger charge is 2.49. The highest BCUT2D eigenvalue weighted by atomic mass is 32.2. The van der Waals surface area contributed by atoms with E-state index in [0.717, 1.165) is 23.5 Å². The summed E-state index contributed by atoms with van der Waals surface area (Å²) in [4.78, 5) is 35.3. The summed E-state index contributed by atoms with van der Waals surface area (Å²) in [7, 11) is 0. The van der Waals surface area contributed by atoms with E-state index in [2.05, 4.69) is 4.58 Å². The number of nitroso groups, excluding NO2 is 1. The Bertz CT molecular complexity index is 359. The number of thioether (sulfide) groups is 1. The Labute approximate surface area is 120 Å². The first kappa shape index (κ1) is 16.3. The molecule has 0 radical (unpaired) electrons. The van der Waals surface area contributed by atoms with E-state index in [0.29, 0.717) is 19.4 Å². The number of nitrogens with zero attached hydrogens (tertiary/aromatic N) is 2. The molecule has 6 nitrogen and oxygen atoms in total. The maximum Gasteiger partial charge on any atom is 0.327 e. The fraction of sp³-hybridized carbons (Fsp3) is 0.818. The number of carbonyl (C=O) groups is 2.